The van der Waals surface area contributed by atoms with Crippen molar-refractivity contribution in [3.8, 4) is 0 Å². The lowest BCUT2D eigenvalue weighted by Crippen LogP contribution is -2.52. The number of nitrogens with one attached hydrogen (secondary N) is 1. The molecule has 0 spiro atoms. The second-order valence-electron chi connectivity index (χ2n) is 7.03. The lowest BCUT2D eigenvalue weighted by atomic mass is 10.2. The first-order valence-corrected chi connectivity index (χ1v) is 11.2. The first kappa shape index (κ1) is 21.4. The van der Waals surface area contributed by atoms with Gasteiger partial charge in [-0.2, -0.15) is 4.31 Å². The van der Waals surface area contributed by atoms with Crippen LogP contribution >= 0.6 is 0 Å². The maximum absolute atomic E-state index is 12.9. The minimum atomic E-state index is -3.61. The molecular weight excluding hydrogens is 390 g/mol. The summed E-state index contributed by atoms with van der Waals surface area (Å²) in [4.78, 5) is 14.6. The van der Waals surface area contributed by atoms with E-state index in [1.54, 1.807) is 12.1 Å². The first-order chi connectivity index (χ1) is 14.0. The number of hydrogen-bond acceptors (Lipinski definition) is 5. The Hall–Kier alpha value is -2.26. The van der Waals surface area contributed by atoms with Gasteiger partial charge in [0.1, 0.15) is 0 Å². The van der Waals surface area contributed by atoms with Crippen LogP contribution in [0.15, 0.2) is 59.5 Å². The maximum Gasteiger partial charge on any atom is 0.255 e. The number of sulfonamides is 1. The molecule has 1 aliphatic rings. The quantitative estimate of drug-likeness (QED) is 0.719. The molecular formula is C21H27N3O4S. The van der Waals surface area contributed by atoms with Gasteiger partial charge >= 0.3 is 0 Å². The number of nitrogens with zero attached hydrogens (tertiary/aromatic N) is 2. The minimum Gasteiger partial charge on any atom is -0.395 e. The number of anilines is 1. The van der Waals surface area contributed by atoms with Crippen molar-refractivity contribution in [2.45, 2.75) is 24.3 Å². The number of carbonyl (C=O) groups excluding carboxylic acids is 1. The van der Waals surface area contributed by atoms with Crippen molar-refractivity contribution < 1.29 is 18.3 Å². The van der Waals surface area contributed by atoms with Crippen LogP contribution in [-0.2, 0) is 10.0 Å². The molecule has 156 valence electrons. The number of amides is 1. The fraction of sp³-hybridized carbons (Fsp3) is 0.381. The first-order valence-electron chi connectivity index (χ1n) is 9.77. The van der Waals surface area contributed by atoms with Crippen LogP contribution in [0.5, 0.6) is 0 Å². The summed E-state index contributed by atoms with van der Waals surface area (Å²) in [7, 11) is -3.61. The number of hydrogen-bond donors (Lipinski definition) is 2. The summed E-state index contributed by atoms with van der Waals surface area (Å²) in [6, 6.07) is 15.2. The van der Waals surface area contributed by atoms with Crippen molar-refractivity contribution >= 4 is 21.6 Å². The third-order valence-corrected chi connectivity index (χ3v) is 7.17. The standard InChI is InChI=1S/C21H27N3O4S/c1-2-19(16-25)23-12-14-24(15-13-23)29(27,28)20-10-8-17(9-11-20)21(26)22-18-6-4-3-5-7-18/h3-11,19,25H,2,12-16H2,1H3,(H,22,26). The predicted molar refractivity (Wildman–Crippen MR) is 112 cm³/mol. The summed E-state index contributed by atoms with van der Waals surface area (Å²) in [5.74, 6) is -0.289. The molecule has 2 aromatic rings. The summed E-state index contributed by atoms with van der Waals surface area (Å²) in [5, 5.41) is 12.2. The number of rotatable bonds is 7. The van der Waals surface area contributed by atoms with E-state index in [2.05, 4.69) is 10.2 Å². The minimum absolute atomic E-state index is 0.0715. The van der Waals surface area contributed by atoms with Crippen molar-refractivity contribution in [2.75, 3.05) is 38.1 Å². The van der Waals surface area contributed by atoms with E-state index in [0.29, 0.717) is 37.4 Å². The molecule has 1 fully saturated rings. The van der Waals surface area contributed by atoms with E-state index in [0.717, 1.165) is 6.42 Å². The molecule has 1 amide bonds. The Labute approximate surface area is 172 Å². The third-order valence-electron chi connectivity index (χ3n) is 5.26. The van der Waals surface area contributed by atoms with Gasteiger partial charge < -0.3 is 10.4 Å². The number of carbonyl (C=O) groups is 1. The van der Waals surface area contributed by atoms with Crippen LogP contribution in [0, 0.1) is 0 Å². The van der Waals surface area contributed by atoms with Crippen LogP contribution in [-0.4, -0.2) is 67.5 Å². The third kappa shape index (κ3) is 5.02. The van der Waals surface area contributed by atoms with E-state index in [4.69, 9.17) is 0 Å². The highest BCUT2D eigenvalue weighted by molar-refractivity contribution is 7.89. The Morgan fingerprint density at radius 3 is 2.21 bits per heavy atom. The van der Waals surface area contributed by atoms with Crippen molar-refractivity contribution in [1.82, 2.24) is 9.21 Å². The summed E-state index contributed by atoms with van der Waals surface area (Å²) in [6.07, 6.45) is 0.829. The average Bonchev–Trinajstić information content (AvgIpc) is 2.76. The summed E-state index contributed by atoms with van der Waals surface area (Å²) in [6.45, 7) is 4.05. The fourth-order valence-electron chi connectivity index (χ4n) is 3.46. The fourth-order valence-corrected chi connectivity index (χ4v) is 4.89. The highest BCUT2D eigenvalue weighted by atomic mass is 32.2. The predicted octanol–water partition coefficient (Wildman–Crippen LogP) is 2.02. The zero-order valence-corrected chi connectivity index (χ0v) is 17.3. The topological polar surface area (TPSA) is 90.0 Å². The van der Waals surface area contributed by atoms with Crippen LogP contribution in [0.1, 0.15) is 23.7 Å². The lowest BCUT2D eigenvalue weighted by Gasteiger charge is -2.37. The van der Waals surface area contributed by atoms with Gasteiger partial charge in [-0.25, -0.2) is 8.42 Å². The number of benzene rings is 2. The van der Waals surface area contributed by atoms with Crippen LogP contribution in [0.25, 0.3) is 0 Å². The van der Waals surface area contributed by atoms with E-state index in [1.807, 2.05) is 25.1 Å². The van der Waals surface area contributed by atoms with Gasteiger partial charge in [0.15, 0.2) is 0 Å². The maximum atomic E-state index is 12.9. The molecule has 3 rings (SSSR count). The highest BCUT2D eigenvalue weighted by Crippen LogP contribution is 2.20. The van der Waals surface area contributed by atoms with Gasteiger partial charge in [-0.1, -0.05) is 25.1 Å². The molecule has 1 atom stereocenters. The lowest BCUT2D eigenvalue weighted by molar-refractivity contribution is 0.0881. The summed E-state index contributed by atoms with van der Waals surface area (Å²) in [5.41, 5.74) is 1.08. The molecule has 0 bridgehead atoms. The summed E-state index contributed by atoms with van der Waals surface area (Å²) < 4.78 is 27.3. The molecule has 1 saturated heterocycles. The molecule has 0 aromatic heterocycles. The van der Waals surface area contributed by atoms with Crippen LogP contribution < -0.4 is 5.32 Å². The molecule has 29 heavy (non-hydrogen) atoms. The highest BCUT2D eigenvalue weighted by Gasteiger charge is 2.30. The molecule has 0 radical (unpaired) electrons. The second kappa shape index (κ2) is 9.49. The zero-order valence-electron chi connectivity index (χ0n) is 16.5. The van der Waals surface area contributed by atoms with Gasteiger partial charge in [0.05, 0.1) is 11.5 Å². The Morgan fingerprint density at radius 1 is 1.03 bits per heavy atom. The van der Waals surface area contributed by atoms with Crippen molar-refractivity contribution in [1.29, 1.82) is 0 Å². The van der Waals surface area contributed by atoms with Gasteiger partial charge in [-0.15, -0.1) is 0 Å². The van der Waals surface area contributed by atoms with Gasteiger partial charge in [0.2, 0.25) is 10.0 Å². The SMILES string of the molecule is CCC(CO)N1CCN(S(=O)(=O)c2ccc(C(=O)Nc3ccccc3)cc2)CC1. The Bertz CT molecular complexity index is 905. The van der Waals surface area contributed by atoms with Crippen molar-refractivity contribution in [2.24, 2.45) is 0 Å². The van der Waals surface area contributed by atoms with Gasteiger partial charge in [0, 0.05) is 43.5 Å². The van der Waals surface area contributed by atoms with Crippen molar-refractivity contribution in [3.05, 3.63) is 60.2 Å². The largest absolute Gasteiger partial charge is 0.395 e. The second-order valence-corrected chi connectivity index (χ2v) is 8.97. The van der Waals surface area contributed by atoms with Crippen LogP contribution in [0.4, 0.5) is 5.69 Å². The van der Waals surface area contributed by atoms with E-state index in [1.165, 1.54) is 28.6 Å². The Morgan fingerprint density at radius 2 is 1.66 bits per heavy atom. The van der Waals surface area contributed by atoms with E-state index in [-0.39, 0.29) is 23.5 Å². The van der Waals surface area contributed by atoms with Crippen molar-refractivity contribution in [3.63, 3.8) is 0 Å². The summed E-state index contributed by atoms with van der Waals surface area (Å²) >= 11 is 0. The Balaban J connectivity index is 1.65. The molecule has 8 heteroatoms. The van der Waals surface area contributed by atoms with E-state index < -0.39 is 10.0 Å². The molecule has 2 N–H and O–H groups in total. The van der Waals surface area contributed by atoms with Crippen LogP contribution in [0.2, 0.25) is 0 Å². The van der Waals surface area contributed by atoms with Crippen LogP contribution in [0.3, 0.4) is 0 Å². The number of aliphatic hydroxyl groups is 1. The smallest absolute Gasteiger partial charge is 0.255 e. The number of piperazine rings is 1. The van der Waals surface area contributed by atoms with Gasteiger partial charge in [0.25, 0.3) is 5.91 Å². The molecule has 1 unspecified atom stereocenters. The molecule has 0 saturated carbocycles. The molecule has 2 aromatic carbocycles. The Kier molecular flexibility index (Phi) is 7.02. The molecule has 0 aliphatic carbocycles. The van der Waals surface area contributed by atoms with E-state index in [9.17, 15) is 18.3 Å². The molecule has 1 aliphatic heterocycles. The van der Waals surface area contributed by atoms with E-state index >= 15 is 0 Å². The van der Waals surface area contributed by atoms with Gasteiger partial charge in [-0.3, -0.25) is 9.69 Å². The molecule has 1 heterocycles. The number of aliphatic hydroxyl groups excluding tert-OH is 1. The molecule has 7 nitrogen and oxygen atoms in total. The normalized spacial score (nSPS) is 17.0. The number of para-hydroxylation sites is 1. The monoisotopic (exact) mass is 417 g/mol. The zero-order chi connectivity index (χ0) is 20.9. The van der Waals surface area contributed by atoms with Gasteiger partial charge in [-0.05, 0) is 42.8 Å². The average molecular weight is 418 g/mol.